The quantitative estimate of drug-likeness (QED) is 0.482. The first kappa shape index (κ1) is 21.1. The lowest BCUT2D eigenvalue weighted by molar-refractivity contribution is -0.122. The van der Waals surface area contributed by atoms with Gasteiger partial charge in [0.15, 0.2) is 16.6 Å². The number of ether oxygens (including phenoxy) is 2. The van der Waals surface area contributed by atoms with E-state index >= 15 is 0 Å². The van der Waals surface area contributed by atoms with E-state index in [0.29, 0.717) is 47.1 Å². The number of carbonyl (C=O) groups is 1. The van der Waals surface area contributed by atoms with Crippen molar-refractivity contribution in [2.45, 2.75) is 26.9 Å². The molecule has 7 heteroatoms. The zero-order chi connectivity index (χ0) is 20.8. The number of nitrogens with one attached hydrogen (secondary N) is 1. The Kier molecular flexibility index (Phi) is 7.12. The molecular formula is C22H23ClN2O3S. The average molecular weight is 431 g/mol. The first-order chi connectivity index (χ1) is 14.0. The molecule has 1 saturated heterocycles. The van der Waals surface area contributed by atoms with Crippen LogP contribution in [0.1, 0.15) is 31.4 Å². The van der Waals surface area contributed by atoms with Crippen molar-refractivity contribution < 1.29 is 14.3 Å². The van der Waals surface area contributed by atoms with Gasteiger partial charge in [-0.1, -0.05) is 36.7 Å². The number of hydrogen-bond donors (Lipinski definition) is 1. The molecule has 2 aromatic rings. The summed E-state index contributed by atoms with van der Waals surface area (Å²) in [6.07, 6.45) is 2.62. The second-order valence-corrected chi connectivity index (χ2v) is 7.32. The number of rotatable bonds is 8. The van der Waals surface area contributed by atoms with Crippen molar-refractivity contribution in [2.75, 3.05) is 13.2 Å². The normalized spacial score (nSPS) is 15.0. The monoisotopic (exact) mass is 430 g/mol. The maximum Gasteiger partial charge on any atom is 0.276 e. The number of amides is 1. The molecule has 0 unspecified atom stereocenters. The topological polar surface area (TPSA) is 50.8 Å². The van der Waals surface area contributed by atoms with Gasteiger partial charge in [0.25, 0.3) is 5.91 Å². The van der Waals surface area contributed by atoms with E-state index in [1.54, 1.807) is 11.0 Å². The van der Waals surface area contributed by atoms with Gasteiger partial charge in [-0.2, -0.15) is 0 Å². The summed E-state index contributed by atoms with van der Waals surface area (Å²) in [6.45, 7) is 5.43. The van der Waals surface area contributed by atoms with Crippen LogP contribution >= 0.6 is 23.8 Å². The third kappa shape index (κ3) is 5.28. The highest BCUT2D eigenvalue weighted by atomic mass is 35.5. The van der Waals surface area contributed by atoms with Crippen LogP contribution in [0.4, 0.5) is 0 Å². The molecule has 3 rings (SSSR count). The summed E-state index contributed by atoms with van der Waals surface area (Å²) in [5.41, 5.74) is 2.29. The fourth-order valence-corrected chi connectivity index (χ4v) is 3.32. The highest BCUT2D eigenvalue weighted by Crippen LogP contribution is 2.30. The maximum atomic E-state index is 12.5. The summed E-state index contributed by atoms with van der Waals surface area (Å²) in [5, 5.41) is 4.12. The van der Waals surface area contributed by atoms with Crippen LogP contribution in [0.3, 0.4) is 0 Å². The second kappa shape index (κ2) is 9.76. The molecule has 1 heterocycles. The molecule has 152 valence electrons. The van der Waals surface area contributed by atoms with Crippen LogP contribution < -0.4 is 14.8 Å². The molecule has 1 amide bonds. The lowest BCUT2D eigenvalue weighted by atomic mass is 10.1. The van der Waals surface area contributed by atoms with E-state index in [1.807, 2.05) is 56.3 Å². The predicted molar refractivity (Wildman–Crippen MR) is 119 cm³/mol. The van der Waals surface area contributed by atoms with Gasteiger partial charge in [0, 0.05) is 11.6 Å². The number of nitrogens with zero attached hydrogens (tertiary/aromatic N) is 1. The van der Waals surface area contributed by atoms with Crippen molar-refractivity contribution in [1.82, 2.24) is 10.2 Å². The molecule has 1 aliphatic rings. The van der Waals surface area contributed by atoms with Gasteiger partial charge in [0.1, 0.15) is 12.3 Å². The SMILES string of the molecule is CCCN1C(=O)/C(=C/c2ccc(OCc3ccc(Cl)cc3)c(OCC)c2)NC1=S. The number of hydrogen-bond acceptors (Lipinski definition) is 4. The van der Waals surface area contributed by atoms with Crippen molar-refractivity contribution >= 4 is 40.9 Å². The van der Waals surface area contributed by atoms with E-state index in [4.69, 9.17) is 33.3 Å². The Morgan fingerprint density at radius 2 is 1.86 bits per heavy atom. The lowest BCUT2D eigenvalue weighted by Crippen LogP contribution is -2.31. The molecule has 1 aliphatic heterocycles. The second-order valence-electron chi connectivity index (χ2n) is 6.50. The molecule has 1 N–H and O–H groups in total. The smallest absolute Gasteiger partial charge is 0.276 e. The molecular weight excluding hydrogens is 408 g/mol. The van der Waals surface area contributed by atoms with Gasteiger partial charge in [0.05, 0.1) is 6.61 Å². The predicted octanol–water partition coefficient (Wildman–Crippen LogP) is 4.79. The van der Waals surface area contributed by atoms with Crippen molar-refractivity contribution in [3.05, 3.63) is 64.3 Å². The molecule has 0 radical (unpaired) electrons. The maximum absolute atomic E-state index is 12.5. The minimum Gasteiger partial charge on any atom is -0.490 e. The molecule has 0 atom stereocenters. The van der Waals surface area contributed by atoms with E-state index in [1.165, 1.54) is 0 Å². The molecule has 0 spiro atoms. The Morgan fingerprint density at radius 1 is 1.10 bits per heavy atom. The zero-order valence-electron chi connectivity index (χ0n) is 16.4. The molecule has 0 aromatic heterocycles. The summed E-state index contributed by atoms with van der Waals surface area (Å²) in [5.74, 6) is 1.14. The fourth-order valence-electron chi connectivity index (χ4n) is 2.91. The van der Waals surface area contributed by atoms with Crippen molar-refractivity contribution in [1.29, 1.82) is 0 Å². The number of halogens is 1. The molecule has 2 aromatic carbocycles. The summed E-state index contributed by atoms with van der Waals surface area (Å²) < 4.78 is 11.7. The van der Waals surface area contributed by atoms with Crippen molar-refractivity contribution in [2.24, 2.45) is 0 Å². The first-order valence-electron chi connectivity index (χ1n) is 9.50. The Hall–Kier alpha value is -2.57. The number of thiocarbonyl (C=S) groups is 1. The molecule has 0 aliphatic carbocycles. The minimum atomic E-state index is -0.113. The summed E-state index contributed by atoms with van der Waals surface area (Å²) in [6, 6.07) is 13.1. The van der Waals surface area contributed by atoms with Gasteiger partial charge in [-0.3, -0.25) is 9.69 Å². The van der Waals surface area contributed by atoms with E-state index < -0.39 is 0 Å². The zero-order valence-corrected chi connectivity index (χ0v) is 18.0. The Bertz CT molecular complexity index is 928. The van der Waals surface area contributed by atoms with Gasteiger partial charge in [0.2, 0.25) is 0 Å². The molecule has 0 saturated carbocycles. The third-order valence-electron chi connectivity index (χ3n) is 4.30. The van der Waals surface area contributed by atoms with E-state index in [-0.39, 0.29) is 5.91 Å². The van der Waals surface area contributed by atoms with Gasteiger partial charge < -0.3 is 14.8 Å². The highest BCUT2D eigenvalue weighted by molar-refractivity contribution is 7.80. The number of carbonyl (C=O) groups excluding carboxylic acids is 1. The van der Waals surface area contributed by atoms with Crippen LogP contribution in [0, 0.1) is 0 Å². The van der Waals surface area contributed by atoms with Crippen LogP contribution in [0.2, 0.25) is 5.02 Å². The van der Waals surface area contributed by atoms with Crippen LogP contribution in [0.25, 0.3) is 6.08 Å². The molecule has 5 nitrogen and oxygen atoms in total. The first-order valence-corrected chi connectivity index (χ1v) is 10.3. The van der Waals surface area contributed by atoms with E-state index in [9.17, 15) is 4.79 Å². The summed E-state index contributed by atoms with van der Waals surface area (Å²) >= 11 is 11.2. The van der Waals surface area contributed by atoms with E-state index in [2.05, 4.69) is 5.32 Å². The Labute approximate surface area is 181 Å². The van der Waals surface area contributed by atoms with Crippen LogP contribution in [0.5, 0.6) is 11.5 Å². The van der Waals surface area contributed by atoms with Crippen LogP contribution in [0.15, 0.2) is 48.2 Å². The van der Waals surface area contributed by atoms with Gasteiger partial charge in [-0.15, -0.1) is 0 Å². The molecule has 1 fully saturated rings. The van der Waals surface area contributed by atoms with Gasteiger partial charge >= 0.3 is 0 Å². The summed E-state index contributed by atoms with van der Waals surface area (Å²) in [4.78, 5) is 14.1. The van der Waals surface area contributed by atoms with E-state index in [0.717, 1.165) is 17.5 Å². The Morgan fingerprint density at radius 3 is 2.55 bits per heavy atom. The molecule has 0 bridgehead atoms. The highest BCUT2D eigenvalue weighted by Gasteiger charge is 2.29. The fraction of sp³-hybridized carbons (Fsp3) is 0.273. The number of benzene rings is 2. The largest absolute Gasteiger partial charge is 0.490 e. The Balaban J connectivity index is 1.77. The summed E-state index contributed by atoms with van der Waals surface area (Å²) in [7, 11) is 0. The standard InChI is InChI=1S/C22H23ClN2O3S/c1-3-11-25-21(26)18(24-22(25)29)12-16-7-10-19(20(13-16)27-4-2)28-14-15-5-8-17(23)9-6-15/h5-10,12-13H,3-4,11,14H2,1-2H3,(H,24,29)/b18-12-. The minimum absolute atomic E-state index is 0.113. The molecule has 29 heavy (non-hydrogen) atoms. The van der Waals surface area contributed by atoms with Gasteiger partial charge in [-0.25, -0.2) is 0 Å². The third-order valence-corrected chi connectivity index (χ3v) is 4.87. The van der Waals surface area contributed by atoms with Crippen molar-refractivity contribution in [3.63, 3.8) is 0 Å². The lowest BCUT2D eigenvalue weighted by Gasteiger charge is -2.13. The van der Waals surface area contributed by atoms with Crippen LogP contribution in [-0.4, -0.2) is 29.1 Å². The van der Waals surface area contributed by atoms with Crippen molar-refractivity contribution in [3.8, 4) is 11.5 Å². The average Bonchev–Trinajstić information content (AvgIpc) is 2.97. The van der Waals surface area contributed by atoms with Gasteiger partial charge in [-0.05, 0) is 67.0 Å². The van der Waals surface area contributed by atoms with Crippen LogP contribution in [-0.2, 0) is 11.4 Å².